The van der Waals surface area contributed by atoms with Crippen LogP contribution in [-0.2, 0) is 10.9 Å². The molecule has 1 aromatic rings. The van der Waals surface area contributed by atoms with Crippen LogP contribution in [0.2, 0.25) is 0 Å². The molecule has 21 heavy (non-hydrogen) atoms. The minimum atomic E-state index is -4.31. The van der Waals surface area contributed by atoms with E-state index >= 15 is 0 Å². The first-order valence-electron chi connectivity index (χ1n) is 6.96. The Morgan fingerprint density at radius 3 is 2.43 bits per heavy atom. The highest BCUT2D eigenvalue weighted by atomic mass is 19.4. The summed E-state index contributed by atoms with van der Waals surface area (Å²) in [7, 11) is 0. The maximum absolute atomic E-state index is 12.5. The fraction of sp³-hybridized carbons (Fsp3) is 0.600. The average Bonchev–Trinajstić information content (AvgIpc) is 2.40. The molecule has 0 aromatic heterocycles. The average molecular weight is 302 g/mol. The summed E-state index contributed by atoms with van der Waals surface area (Å²) in [6.07, 6.45) is -4.31. The van der Waals surface area contributed by atoms with Gasteiger partial charge < -0.3 is 10.5 Å². The highest BCUT2D eigenvalue weighted by Gasteiger charge is 2.32. The van der Waals surface area contributed by atoms with Crippen molar-refractivity contribution >= 4 is 0 Å². The third-order valence-electron chi connectivity index (χ3n) is 3.90. The van der Waals surface area contributed by atoms with Gasteiger partial charge in [-0.05, 0) is 31.5 Å². The number of morpholine rings is 1. The number of nitrogens with zero attached hydrogens (tertiary/aromatic N) is 1. The Morgan fingerprint density at radius 1 is 1.29 bits per heavy atom. The molecule has 118 valence electrons. The van der Waals surface area contributed by atoms with Crippen molar-refractivity contribution in [2.24, 2.45) is 5.73 Å². The summed E-state index contributed by atoms with van der Waals surface area (Å²) in [6, 6.07) is 4.77. The second kappa shape index (κ2) is 5.94. The fourth-order valence-electron chi connectivity index (χ4n) is 2.49. The number of rotatable bonds is 3. The molecule has 1 aromatic carbocycles. The van der Waals surface area contributed by atoms with Crippen LogP contribution in [0.4, 0.5) is 13.2 Å². The van der Waals surface area contributed by atoms with Crippen LogP contribution in [0.15, 0.2) is 24.3 Å². The molecule has 0 aliphatic carbocycles. The molecule has 0 saturated carbocycles. The van der Waals surface area contributed by atoms with Crippen molar-refractivity contribution in [2.75, 3.05) is 26.3 Å². The monoisotopic (exact) mass is 302 g/mol. The molecule has 6 heteroatoms. The van der Waals surface area contributed by atoms with E-state index in [1.54, 1.807) is 0 Å². The Kier molecular flexibility index (Phi) is 4.60. The number of hydrogen-bond acceptors (Lipinski definition) is 3. The van der Waals surface area contributed by atoms with Gasteiger partial charge in [0.25, 0.3) is 0 Å². The van der Waals surface area contributed by atoms with Crippen LogP contribution in [0, 0.1) is 0 Å². The number of alkyl halides is 3. The van der Waals surface area contributed by atoms with Gasteiger partial charge in [0.1, 0.15) is 0 Å². The lowest BCUT2D eigenvalue weighted by Crippen LogP contribution is -2.54. The molecule has 0 radical (unpaired) electrons. The predicted molar refractivity (Wildman–Crippen MR) is 74.8 cm³/mol. The SMILES string of the molecule is CC1(C)COCCN1CC(N)c1ccc(C(F)(F)F)cc1. The zero-order chi connectivity index (χ0) is 15.7. The second-order valence-corrected chi connectivity index (χ2v) is 6.04. The first kappa shape index (κ1) is 16.3. The molecule has 1 heterocycles. The lowest BCUT2D eigenvalue weighted by molar-refractivity contribution is -0.137. The highest BCUT2D eigenvalue weighted by molar-refractivity contribution is 5.26. The van der Waals surface area contributed by atoms with Gasteiger partial charge in [-0.25, -0.2) is 0 Å². The van der Waals surface area contributed by atoms with Gasteiger partial charge in [0.2, 0.25) is 0 Å². The Bertz CT molecular complexity index is 471. The van der Waals surface area contributed by atoms with E-state index in [0.29, 0.717) is 25.3 Å². The largest absolute Gasteiger partial charge is 0.416 e. The van der Waals surface area contributed by atoms with Crippen LogP contribution in [-0.4, -0.2) is 36.7 Å². The van der Waals surface area contributed by atoms with E-state index in [2.05, 4.69) is 18.7 Å². The molecule has 3 nitrogen and oxygen atoms in total. The molecule has 1 saturated heterocycles. The van der Waals surface area contributed by atoms with E-state index in [0.717, 1.165) is 18.7 Å². The van der Waals surface area contributed by atoms with Crippen molar-refractivity contribution in [3.63, 3.8) is 0 Å². The summed E-state index contributed by atoms with van der Waals surface area (Å²) < 4.78 is 43.1. The number of ether oxygens (including phenoxy) is 1. The minimum Gasteiger partial charge on any atom is -0.378 e. The summed E-state index contributed by atoms with van der Waals surface area (Å²) in [5.41, 5.74) is 6.10. The normalized spacial score (nSPS) is 21.2. The van der Waals surface area contributed by atoms with E-state index in [9.17, 15) is 13.2 Å². The highest BCUT2D eigenvalue weighted by Crippen LogP contribution is 2.30. The predicted octanol–water partition coefficient (Wildman–Crippen LogP) is 2.82. The first-order chi connectivity index (χ1) is 9.70. The van der Waals surface area contributed by atoms with E-state index < -0.39 is 11.7 Å². The van der Waals surface area contributed by atoms with Gasteiger partial charge in [-0.3, -0.25) is 4.90 Å². The molecule has 0 spiro atoms. The second-order valence-electron chi connectivity index (χ2n) is 6.04. The van der Waals surface area contributed by atoms with Gasteiger partial charge in [0.05, 0.1) is 18.8 Å². The van der Waals surface area contributed by atoms with E-state index in [1.165, 1.54) is 12.1 Å². The topological polar surface area (TPSA) is 38.5 Å². The van der Waals surface area contributed by atoms with Gasteiger partial charge in [0.15, 0.2) is 0 Å². The molecule has 1 unspecified atom stereocenters. The van der Waals surface area contributed by atoms with Crippen molar-refractivity contribution in [1.29, 1.82) is 0 Å². The van der Waals surface area contributed by atoms with Crippen LogP contribution in [0.25, 0.3) is 0 Å². The van der Waals surface area contributed by atoms with Crippen molar-refractivity contribution in [1.82, 2.24) is 4.90 Å². The van der Waals surface area contributed by atoms with E-state index in [-0.39, 0.29) is 11.6 Å². The van der Waals surface area contributed by atoms with Crippen LogP contribution >= 0.6 is 0 Å². The molecule has 1 aliphatic rings. The number of benzene rings is 1. The lowest BCUT2D eigenvalue weighted by Gasteiger charge is -2.43. The molecule has 2 N–H and O–H groups in total. The number of nitrogens with two attached hydrogens (primary N) is 1. The van der Waals surface area contributed by atoms with Crippen LogP contribution in [0.5, 0.6) is 0 Å². The molecule has 2 rings (SSSR count). The molecular formula is C15H21F3N2O. The van der Waals surface area contributed by atoms with Gasteiger partial charge in [-0.15, -0.1) is 0 Å². The molecular weight excluding hydrogens is 281 g/mol. The minimum absolute atomic E-state index is 0.109. The Labute approximate surface area is 122 Å². The van der Waals surface area contributed by atoms with Crippen molar-refractivity contribution < 1.29 is 17.9 Å². The standard InChI is InChI=1S/C15H21F3N2O/c1-14(2)10-21-8-7-20(14)9-13(19)11-3-5-12(6-4-11)15(16,17)18/h3-6,13H,7-10,19H2,1-2H3. The van der Waals surface area contributed by atoms with E-state index in [4.69, 9.17) is 10.5 Å². The smallest absolute Gasteiger partial charge is 0.378 e. The molecule has 0 bridgehead atoms. The first-order valence-corrected chi connectivity index (χ1v) is 6.96. The Morgan fingerprint density at radius 2 is 1.90 bits per heavy atom. The van der Waals surface area contributed by atoms with Gasteiger partial charge in [-0.2, -0.15) is 13.2 Å². The van der Waals surface area contributed by atoms with Gasteiger partial charge >= 0.3 is 6.18 Å². The fourth-order valence-corrected chi connectivity index (χ4v) is 2.49. The maximum Gasteiger partial charge on any atom is 0.416 e. The van der Waals surface area contributed by atoms with Crippen LogP contribution < -0.4 is 5.73 Å². The van der Waals surface area contributed by atoms with Gasteiger partial charge in [-0.1, -0.05) is 12.1 Å². The maximum atomic E-state index is 12.5. The molecule has 1 fully saturated rings. The van der Waals surface area contributed by atoms with Crippen LogP contribution in [0.3, 0.4) is 0 Å². The van der Waals surface area contributed by atoms with Crippen molar-refractivity contribution in [3.05, 3.63) is 35.4 Å². The molecule has 1 atom stereocenters. The summed E-state index contributed by atoms with van der Waals surface area (Å²) in [6.45, 7) is 6.82. The lowest BCUT2D eigenvalue weighted by atomic mass is 9.99. The van der Waals surface area contributed by atoms with Gasteiger partial charge in [0, 0.05) is 24.7 Å². The zero-order valence-electron chi connectivity index (χ0n) is 12.3. The summed E-state index contributed by atoms with van der Waals surface area (Å²) in [5, 5.41) is 0. The Hall–Kier alpha value is -1.11. The van der Waals surface area contributed by atoms with Crippen molar-refractivity contribution in [3.8, 4) is 0 Å². The quantitative estimate of drug-likeness (QED) is 0.933. The number of halogens is 3. The molecule has 0 amide bonds. The summed E-state index contributed by atoms with van der Waals surface area (Å²) in [5.74, 6) is 0. The third kappa shape index (κ3) is 3.96. The summed E-state index contributed by atoms with van der Waals surface area (Å²) in [4.78, 5) is 2.22. The number of hydrogen-bond donors (Lipinski definition) is 1. The summed E-state index contributed by atoms with van der Waals surface area (Å²) >= 11 is 0. The zero-order valence-corrected chi connectivity index (χ0v) is 12.3. The Balaban J connectivity index is 2.04. The third-order valence-corrected chi connectivity index (χ3v) is 3.90. The van der Waals surface area contributed by atoms with Crippen molar-refractivity contribution in [2.45, 2.75) is 31.6 Å². The molecule has 1 aliphatic heterocycles. The van der Waals surface area contributed by atoms with Crippen LogP contribution in [0.1, 0.15) is 31.0 Å². The van der Waals surface area contributed by atoms with E-state index in [1.807, 2.05) is 0 Å².